The number of hydrogen-bond donors (Lipinski definition) is 1. The summed E-state index contributed by atoms with van der Waals surface area (Å²) in [6, 6.07) is 11.0. The predicted octanol–water partition coefficient (Wildman–Crippen LogP) is 3.34. The summed E-state index contributed by atoms with van der Waals surface area (Å²) in [6.45, 7) is 0.879. The highest BCUT2D eigenvalue weighted by Gasteiger charge is 2.46. The Morgan fingerprint density at radius 1 is 1.10 bits per heavy atom. The first-order valence-corrected chi connectivity index (χ1v) is 10.1. The van der Waals surface area contributed by atoms with E-state index in [0.717, 1.165) is 0 Å². The van der Waals surface area contributed by atoms with Crippen molar-refractivity contribution in [2.24, 2.45) is 0 Å². The Balaban J connectivity index is 2.18. The van der Waals surface area contributed by atoms with Crippen molar-refractivity contribution in [1.29, 1.82) is 0 Å². The lowest BCUT2D eigenvalue weighted by molar-refractivity contribution is -0.140. The highest BCUT2D eigenvalue weighted by atomic mass is 35.5. The number of halogens is 1. The quantitative estimate of drug-likeness (QED) is 0.401. The van der Waals surface area contributed by atoms with Crippen LogP contribution in [-0.4, -0.2) is 68.0 Å². The van der Waals surface area contributed by atoms with Gasteiger partial charge in [0.25, 0.3) is 11.7 Å². The first-order valence-electron chi connectivity index (χ1n) is 9.69. The van der Waals surface area contributed by atoms with Crippen LogP contribution in [0.5, 0.6) is 11.5 Å². The van der Waals surface area contributed by atoms with E-state index in [4.69, 9.17) is 21.1 Å². The van der Waals surface area contributed by atoms with Gasteiger partial charge in [0.15, 0.2) is 0 Å². The summed E-state index contributed by atoms with van der Waals surface area (Å²) in [5, 5.41) is 11.7. The van der Waals surface area contributed by atoms with Gasteiger partial charge >= 0.3 is 0 Å². The molecule has 1 amide bonds. The third-order valence-electron chi connectivity index (χ3n) is 5.18. The molecule has 0 aromatic heterocycles. The summed E-state index contributed by atoms with van der Waals surface area (Å²) in [5.41, 5.74) is 0.985. The zero-order chi connectivity index (χ0) is 22.7. The maximum atomic E-state index is 13.0. The molecule has 0 aliphatic carbocycles. The highest BCUT2D eigenvalue weighted by Crippen LogP contribution is 2.41. The van der Waals surface area contributed by atoms with Gasteiger partial charge in [-0.2, -0.15) is 0 Å². The Bertz CT molecular complexity index is 1020. The average Bonchev–Trinajstić information content (AvgIpc) is 3.01. The van der Waals surface area contributed by atoms with Gasteiger partial charge in [-0.25, -0.2) is 0 Å². The second kappa shape index (κ2) is 9.41. The van der Waals surface area contributed by atoms with Crippen molar-refractivity contribution in [3.05, 3.63) is 64.2 Å². The van der Waals surface area contributed by atoms with Crippen LogP contribution in [0.3, 0.4) is 0 Å². The fraction of sp³-hybridized carbons (Fsp3) is 0.304. The number of likely N-dealkylation sites (N-methyl/N-ethyl adjacent to an activating group) is 1. The number of rotatable bonds is 7. The number of ketones is 1. The van der Waals surface area contributed by atoms with Crippen molar-refractivity contribution in [3.8, 4) is 11.5 Å². The summed E-state index contributed by atoms with van der Waals surface area (Å²) >= 11 is 6.03. The van der Waals surface area contributed by atoms with E-state index in [9.17, 15) is 14.7 Å². The number of Topliss-reactive ketones (excluding diaryl/α,β-unsaturated/α-hetero) is 1. The first kappa shape index (κ1) is 22.7. The molecule has 1 fully saturated rings. The smallest absolute Gasteiger partial charge is 0.295 e. The number of ether oxygens (including phenoxy) is 2. The van der Waals surface area contributed by atoms with Crippen LogP contribution in [0.4, 0.5) is 0 Å². The van der Waals surface area contributed by atoms with Crippen molar-refractivity contribution >= 4 is 29.1 Å². The lowest BCUT2D eigenvalue weighted by Gasteiger charge is -2.26. The topological polar surface area (TPSA) is 79.3 Å². The van der Waals surface area contributed by atoms with Gasteiger partial charge < -0.3 is 24.4 Å². The van der Waals surface area contributed by atoms with Crippen molar-refractivity contribution < 1.29 is 24.2 Å². The monoisotopic (exact) mass is 444 g/mol. The van der Waals surface area contributed by atoms with Gasteiger partial charge in [0.1, 0.15) is 17.3 Å². The Labute approximate surface area is 186 Å². The summed E-state index contributed by atoms with van der Waals surface area (Å²) in [4.78, 5) is 29.3. The van der Waals surface area contributed by atoms with Crippen molar-refractivity contribution in [2.75, 3.05) is 41.4 Å². The van der Waals surface area contributed by atoms with E-state index in [-0.39, 0.29) is 11.3 Å². The molecule has 0 radical (unpaired) electrons. The minimum absolute atomic E-state index is 0.00884. The Morgan fingerprint density at radius 2 is 1.77 bits per heavy atom. The average molecular weight is 445 g/mol. The highest BCUT2D eigenvalue weighted by molar-refractivity contribution is 6.46. The molecule has 0 saturated carbocycles. The Morgan fingerprint density at radius 3 is 2.35 bits per heavy atom. The van der Waals surface area contributed by atoms with E-state index in [2.05, 4.69) is 0 Å². The number of carbonyl (C=O) groups excluding carboxylic acids is 2. The predicted molar refractivity (Wildman–Crippen MR) is 119 cm³/mol. The molecule has 1 heterocycles. The molecular formula is C23H25ClN2O5. The van der Waals surface area contributed by atoms with Gasteiger partial charge in [0, 0.05) is 24.2 Å². The minimum atomic E-state index is -0.746. The Hall–Kier alpha value is -3.03. The lowest BCUT2D eigenvalue weighted by Crippen LogP contribution is -2.35. The molecule has 2 aromatic rings. The number of aliphatic hydroxyl groups excluding tert-OH is 1. The number of methoxy groups -OCH3 is 2. The molecule has 8 heteroatoms. The standard InChI is InChI=1S/C23H25ClN2O5/c1-25(2)11-12-26-20(14-5-7-15(24)8-6-14)19(22(28)23(26)29)21(27)17-10-9-16(30-3)13-18(17)31-4/h5-10,13,20,27H,11-12H2,1-4H3/b21-19-. The summed E-state index contributed by atoms with van der Waals surface area (Å²) in [7, 11) is 6.75. The number of aliphatic hydroxyl groups is 1. The molecular weight excluding hydrogens is 420 g/mol. The van der Waals surface area contributed by atoms with Crippen LogP contribution in [0.15, 0.2) is 48.0 Å². The molecule has 1 atom stereocenters. The molecule has 2 aromatic carbocycles. The first-order chi connectivity index (χ1) is 14.8. The molecule has 1 aliphatic heterocycles. The van der Waals surface area contributed by atoms with E-state index in [1.807, 2.05) is 19.0 Å². The van der Waals surface area contributed by atoms with Crippen molar-refractivity contribution in [2.45, 2.75) is 6.04 Å². The third kappa shape index (κ3) is 4.52. The third-order valence-corrected chi connectivity index (χ3v) is 5.43. The molecule has 0 bridgehead atoms. The number of likely N-dealkylation sites (tertiary alicyclic amines) is 1. The molecule has 7 nitrogen and oxygen atoms in total. The molecule has 3 rings (SSSR count). The molecule has 1 saturated heterocycles. The Kier molecular flexibility index (Phi) is 6.87. The fourth-order valence-electron chi connectivity index (χ4n) is 3.55. The van der Waals surface area contributed by atoms with Gasteiger partial charge in [-0.1, -0.05) is 23.7 Å². The minimum Gasteiger partial charge on any atom is -0.507 e. The molecule has 1 aliphatic rings. The molecule has 1 unspecified atom stereocenters. The number of carbonyl (C=O) groups is 2. The van der Waals surface area contributed by atoms with Gasteiger partial charge in [-0.3, -0.25) is 9.59 Å². The van der Waals surface area contributed by atoms with Crippen LogP contribution < -0.4 is 9.47 Å². The number of benzene rings is 2. The largest absolute Gasteiger partial charge is 0.507 e. The van der Waals surface area contributed by atoms with E-state index >= 15 is 0 Å². The van der Waals surface area contributed by atoms with Crippen molar-refractivity contribution in [1.82, 2.24) is 9.80 Å². The van der Waals surface area contributed by atoms with E-state index in [1.165, 1.54) is 19.1 Å². The van der Waals surface area contributed by atoms with Crippen LogP contribution in [0, 0.1) is 0 Å². The number of hydrogen-bond acceptors (Lipinski definition) is 6. The van der Waals surface area contributed by atoms with Gasteiger partial charge in [0.2, 0.25) is 0 Å². The van der Waals surface area contributed by atoms with Crippen LogP contribution in [0.25, 0.3) is 5.76 Å². The normalized spacial score (nSPS) is 18.0. The van der Waals surface area contributed by atoms with Gasteiger partial charge in [-0.05, 0) is 43.9 Å². The van der Waals surface area contributed by atoms with Crippen LogP contribution in [0.2, 0.25) is 5.02 Å². The second-order valence-electron chi connectivity index (χ2n) is 7.41. The van der Waals surface area contributed by atoms with Crippen LogP contribution >= 0.6 is 11.6 Å². The second-order valence-corrected chi connectivity index (χ2v) is 7.85. The van der Waals surface area contributed by atoms with E-state index in [0.29, 0.717) is 40.7 Å². The van der Waals surface area contributed by atoms with Gasteiger partial charge in [0.05, 0.1) is 31.4 Å². The zero-order valence-corrected chi connectivity index (χ0v) is 18.6. The summed E-state index contributed by atoms with van der Waals surface area (Å²) in [5.74, 6) is -0.838. The molecule has 31 heavy (non-hydrogen) atoms. The molecule has 0 spiro atoms. The summed E-state index contributed by atoms with van der Waals surface area (Å²) in [6.07, 6.45) is 0. The fourth-order valence-corrected chi connectivity index (χ4v) is 3.68. The van der Waals surface area contributed by atoms with E-state index < -0.39 is 17.7 Å². The van der Waals surface area contributed by atoms with Gasteiger partial charge in [-0.15, -0.1) is 0 Å². The van der Waals surface area contributed by atoms with Crippen molar-refractivity contribution in [3.63, 3.8) is 0 Å². The maximum absolute atomic E-state index is 13.0. The number of amides is 1. The summed E-state index contributed by atoms with van der Waals surface area (Å²) < 4.78 is 10.6. The SMILES string of the molecule is COc1ccc(/C(O)=C2/C(=O)C(=O)N(CCN(C)C)C2c2ccc(Cl)cc2)c(OC)c1. The van der Waals surface area contributed by atoms with E-state index in [1.54, 1.807) is 42.5 Å². The molecule has 164 valence electrons. The maximum Gasteiger partial charge on any atom is 0.295 e. The lowest BCUT2D eigenvalue weighted by atomic mass is 9.95. The zero-order valence-electron chi connectivity index (χ0n) is 17.9. The van der Waals surface area contributed by atoms with Crippen LogP contribution in [-0.2, 0) is 9.59 Å². The van der Waals surface area contributed by atoms with Crippen LogP contribution in [0.1, 0.15) is 17.2 Å². The molecule has 1 N–H and O–H groups in total. The number of nitrogens with zero attached hydrogens (tertiary/aromatic N) is 2.